The van der Waals surface area contributed by atoms with Gasteiger partial charge in [0.25, 0.3) is 5.91 Å². The first-order valence-corrected chi connectivity index (χ1v) is 8.67. The molecule has 0 bridgehead atoms. The highest BCUT2D eigenvalue weighted by Crippen LogP contribution is 2.35. The Bertz CT molecular complexity index is 1080. The number of aromatic nitrogens is 2. The maximum atomic E-state index is 12.1. The molecule has 0 fully saturated rings. The van der Waals surface area contributed by atoms with Crippen LogP contribution in [0.5, 0.6) is 0 Å². The standard InChI is InChI=1S/C20H18N4O2/c21-16-3-2-13(15-10-22-20(25)18(15)16)12-1-4-17-14(9-12)19(24-23-17)11-5-7-26-8-6-11/h1-5,9H,6-8,10,21H2,(H,22,25)(H,23,24). The molecule has 0 unspecified atom stereocenters. The zero-order valence-electron chi connectivity index (χ0n) is 14.1. The fraction of sp³-hybridized carbons (Fsp3) is 0.200. The quantitative estimate of drug-likeness (QED) is 0.622. The summed E-state index contributed by atoms with van der Waals surface area (Å²) in [6.07, 6.45) is 2.95. The molecule has 6 heteroatoms. The molecule has 1 aromatic heterocycles. The van der Waals surface area contributed by atoms with E-state index in [0.717, 1.165) is 46.3 Å². The smallest absolute Gasteiger partial charge is 0.254 e. The largest absolute Gasteiger partial charge is 0.398 e. The Morgan fingerprint density at radius 2 is 2.12 bits per heavy atom. The minimum absolute atomic E-state index is 0.100. The van der Waals surface area contributed by atoms with Gasteiger partial charge >= 0.3 is 0 Å². The maximum Gasteiger partial charge on any atom is 0.254 e. The summed E-state index contributed by atoms with van der Waals surface area (Å²) in [4.78, 5) is 12.1. The number of rotatable bonds is 2. The van der Waals surface area contributed by atoms with Crippen molar-refractivity contribution < 1.29 is 9.53 Å². The molecule has 130 valence electrons. The van der Waals surface area contributed by atoms with E-state index in [-0.39, 0.29) is 5.91 Å². The Hall–Kier alpha value is -3.12. The number of hydrogen-bond donors (Lipinski definition) is 3. The van der Waals surface area contributed by atoms with E-state index >= 15 is 0 Å². The first-order chi connectivity index (χ1) is 12.7. The molecular formula is C20H18N4O2. The van der Waals surface area contributed by atoms with Crippen LogP contribution in [0.15, 0.2) is 36.4 Å². The SMILES string of the molecule is Nc1ccc(-c2ccc3[nH]nc(C4=CCOCC4)c3c2)c2c1C(=O)NC2. The van der Waals surface area contributed by atoms with Crippen molar-refractivity contribution in [2.75, 3.05) is 18.9 Å². The Balaban J connectivity index is 1.67. The summed E-state index contributed by atoms with van der Waals surface area (Å²) < 4.78 is 5.41. The molecular weight excluding hydrogens is 328 g/mol. The number of amides is 1. The van der Waals surface area contributed by atoms with E-state index in [1.165, 1.54) is 5.57 Å². The second-order valence-electron chi connectivity index (χ2n) is 6.63. The average Bonchev–Trinajstić information content (AvgIpc) is 3.27. The molecule has 2 aliphatic rings. The van der Waals surface area contributed by atoms with E-state index in [0.29, 0.717) is 24.4 Å². The third-order valence-electron chi connectivity index (χ3n) is 5.14. The fourth-order valence-electron chi connectivity index (χ4n) is 3.81. The molecule has 1 amide bonds. The number of carbonyl (C=O) groups is 1. The lowest BCUT2D eigenvalue weighted by atomic mass is 9.94. The monoisotopic (exact) mass is 346 g/mol. The third kappa shape index (κ3) is 2.23. The van der Waals surface area contributed by atoms with Crippen LogP contribution in [-0.2, 0) is 11.3 Å². The van der Waals surface area contributed by atoms with Crippen molar-refractivity contribution in [1.29, 1.82) is 0 Å². The minimum atomic E-state index is -0.100. The lowest BCUT2D eigenvalue weighted by Crippen LogP contribution is -2.13. The number of H-pyrrole nitrogens is 1. The summed E-state index contributed by atoms with van der Waals surface area (Å²) >= 11 is 0. The summed E-state index contributed by atoms with van der Waals surface area (Å²) in [5.74, 6) is -0.100. The van der Waals surface area contributed by atoms with Crippen LogP contribution >= 0.6 is 0 Å². The second kappa shape index (κ2) is 5.71. The van der Waals surface area contributed by atoms with Gasteiger partial charge in [0.2, 0.25) is 0 Å². The molecule has 0 aliphatic carbocycles. The van der Waals surface area contributed by atoms with Gasteiger partial charge in [-0.3, -0.25) is 9.89 Å². The van der Waals surface area contributed by atoms with Gasteiger partial charge < -0.3 is 15.8 Å². The highest BCUT2D eigenvalue weighted by Gasteiger charge is 2.25. The Morgan fingerprint density at radius 3 is 2.96 bits per heavy atom. The summed E-state index contributed by atoms with van der Waals surface area (Å²) in [6, 6.07) is 10.0. The molecule has 4 N–H and O–H groups in total. The van der Waals surface area contributed by atoms with Crippen LogP contribution < -0.4 is 11.1 Å². The first-order valence-electron chi connectivity index (χ1n) is 8.67. The number of hydrogen-bond acceptors (Lipinski definition) is 4. The van der Waals surface area contributed by atoms with Crippen molar-refractivity contribution in [3.63, 3.8) is 0 Å². The minimum Gasteiger partial charge on any atom is -0.398 e. The number of carbonyl (C=O) groups excluding carboxylic acids is 1. The number of benzene rings is 2. The third-order valence-corrected chi connectivity index (χ3v) is 5.14. The van der Waals surface area contributed by atoms with Gasteiger partial charge in [0, 0.05) is 17.6 Å². The van der Waals surface area contributed by atoms with Gasteiger partial charge in [0.15, 0.2) is 0 Å². The number of fused-ring (bicyclic) bond motifs is 2. The Labute approximate surface area is 150 Å². The van der Waals surface area contributed by atoms with Crippen LogP contribution in [0.3, 0.4) is 0 Å². The van der Waals surface area contributed by atoms with Gasteiger partial charge in [-0.15, -0.1) is 0 Å². The van der Waals surface area contributed by atoms with E-state index in [1.807, 2.05) is 12.1 Å². The molecule has 0 saturated heterocycles. The normalized spacial score (nSPS) is 16.5. The van der Waals surface area contributed by atoms with Crippen molar-refractivity contribution in [1.82, 2.24) is 15.5 Å². The van der Waals surface area contributed by atoms with E-state index in [9.17, 15) is 4.79 Å². The molecule has 0 atom stereocenters. The topological polar surface area (TPSA) is 93.0 Å². The summed E-state index contributed by atoms with van der Waals surface area (Å²) in [5, 5.41) is 11.6. The second-order valence-corrected chi connectivity index (χ2v) is 6.63. The zero-order valence-corrected chi connectivity index (χ0v) is 14.1. The summed E-state index contributed by atoms with van der Waals surface area (Å²) in [6.45, 7) is 1.86. The van der Waals surface area contributed by atoms with Gasteiger partial charge in [0.1, 0.15) is 0 Å². The van der Waals surface area contributed by atoms with Crippen LogP contribution in [-0.4, -0.2) is 29.3 Å². The molecule has 0 radical (unpaired) electrons. The molecule has 5 rings (SSSR count). The Kier molecular flexibility index (Phi) is 3.33. The maximum absolute atomic E-state index is 12.1. The number of nitrogens with two attached hydrogens (primary N) is 1. The van der Waals surface area contributed by atoms with Gasteiger partial charge in [-0.2, -0.15) is 5.10 Å². The summed E-state index contributed by atoms with van der Waals surface area (Å²) in [5.41, 5.74) is 13.4. The van der Waals surface area contributed by atoms with Gasteiger partial charge in [0.05, 0.1) is 30.0 Å². The number of aromatic amines is 1. The molecule has 2 aliphatic heterocycles. The number of nitrogen functional groups attached to an aromatic ring is 1. The van der Waals surface area contributed by atoms with Gasteiger partial charge in [-0.05, 0) is 46.9 Å². The lowest BCUT2D eigenvalue weighted by molar-refractivity contribution is 0.0966. The number of anilines is 1. The highest BCUT2D eigenvalue weighted by atomic mass is 16.5. The van der Waals surface area contributed by atoms with Crippen molar-refractivity contribution >= 4 is 28.1 Å². The van der Waals surface area contributed by atoms with Crippen LogP contribution in [0.2, 0.25) is 0 Å². The summed E-state index contributed by atoms with van der Waals surface area (Å²) in [7, 11) is 0. The highest BCUT2D eigenvalue weighted by molar-refractivity contribution is 6.05. The molecule has 0 saturated carbocycles. The van der Waals surface area contributed by atoms with Crippen LogP contribution in [0, 0.1) is 0 Å². The molecule has 3 heterocycles. The molecule has 6 nitrogen and oxygen atoms in total. The fourth-order valence-corrected chi connectivity index (χ4v) is 3.81. The van der Waals surface area contributed by atoms with E-state index in [1.54, 1.807) is 6.07 Å². The van der Waals surface area contributed by atoms with Crippen LogP contribution in [0.1, 0.15) is 28.0 Å². The van der Waals surface area contributed by atoms with Crippen molar-refractivity contribution in [2.24, 2.45) is 0 Å². The molecule has 2 aromatic carbocycles. The lowest BCUT2D eigenvalue weighted by Gasteiger charge is -2.12. The predicted molar refractivity (Wildman–Crippen MR) is 101 cm³/mol. The van der Waals surface area contributed by atoms with Crippen LogP contribution in [0.25, 0.3) is 27.6 Å². The van der Waals surface area contributed by atoms with Gasteiger partial charge in [-0.1, -0.05) is 18.2 Å². The van der Waals surface area contributed by atoms with Crippen molar-refractivity contribution in [3.05, 3.63) is 53.2 Å². The average molecular weight is 346 g/mol. The Morgan fingerprint density at radius 1 is 1.19 bits per heavy atom. The predicted octanol–water partition coefficient (Wildman–Crippen LogP) is 2.86. The molecule has 3 aromatic rings. The van der Waals surface area contributed by atoms with Crippen molar-refractivity contribution in [3.8, 4) is 11.1 Å². The van der Waals surface area contributed by atoms with Crippen LogP contribution in [0.4, 0.5) is 5.69 Å². The number of ether oxygens (including phenoxy) is 1. The molecule has 26 heavy (non-hydrogen) atoms. The van der Waals surface area contributed by atoms with E-state index < -0.39 is 0 Å². The van der Waals surface area contributed by atoms with E-state index in [2.05, 4.69) is 33.7 Å². The van der Waals surface area contributed by atoms with Crippen molar-refractivity contribution in [2.45, 2.75) is 13.0 Å². The molecule has 0 spiro atoms. The number of nitrogens with zero attached hydrogens (tertiary/aromatic N) is 1. The van der Waals surface area contributed by atoms with E-state index in [4.69, 9.17) is 10.5 Å². The first kappa shape index (κ1) is 15.2. The zero-order chi connectivity index (χ0) is 17.7. The van der Waals surface area contributed by atoms with Gasteiger partial charge in [-0.25, -0.2) is 0 Å². The number of nitrogens with one attached hydrogen (secondary N) is 2.